The number of hydrogen-bond acceptors (Lipinski definition) is 2. The average molecular weight is 326 g/mol. The molecule has 4 atom stereocenters. The molecule has 128 valence electrons. The van der Waals surface area contributed by atoms with E-state index in [1.807, 2.05) is 0 Å². The molecule has 1 aromatic carbocycles. The van der Waals surface area contributed by atoms with Crippen molar-refractivity contribution >= 4 is 0 Å². The Balaban J connectivity index is 1.47. The maximum Gasteiger partial charge on any atom is 0.416 e. The summed E-state index contributed by atoms with van der Waals surface area (Å²) in [5, 5.41) is 3.42. The molecule has 0 amide bonds. The summed E-state index contributed by atoms with van der Waals surface area (Å²) in [6.45, 7) is 6.25. The molecule has 3 aliphatic heterocycles. The van der Waals surface area contributed by atoms with Crippen LogP contribution in [0.5, 0.6) is 0 Å². The van der Waals surface area contributed by atoms with Gasteiger partial charge in [-0.25, -0.2) is 0 Å². The van der Waals surface area contributed by atoms with Crippen LogP contribution in [0.2, 0.25) is 0 Å². The van der Waals surface area contributed by atoms with Crippen LogP contribution in [0.4, 0.5) is 13.2 Å². The highest BCUT2D eigenvalue weighted by Crippen LogP contribution is 2.37. The summed E-state index contributed by atoms with van der Waals surface area (Å²) in [5.74, 6) is 1.72. The molecule has 3 fully saturated rings. The van der Waals surface area contributed by atoms with Crippen LogP contribution >= 0.6 is 0 Å². The lowest BCUT2D eigenvalue weighted by atomic mass is 9.74. The molecule has 1 N–H and O–H groups in total. The number of nitrogens with zero attached hydrogens (tertiary/aromatic N) is 1. The van der Waals surface area contributed by atoms with Gasteiger partial charge in [0.25, 0.3) is 0 Å². The number of nitrogens with one attached hydrogen (secondary N) is 1. The predicted octanol–water partition coefficient (Wildman–Crippen LogP) is 3.92. The highest BCUT2D eigenvalue weighted by atomic mass is 19.4. The van der Waals surface area contributed by atoms with Crippen LogP contribution in [0.1, 0.15) is 37.3 Å². The zero-order valence-electron chi connectivity index (χ0n) is 13.6. The Morgan fingerprint density at radius 1 is 1.22 bits per heavy atom. The Kier molecular flexibility index (Phi) is 4.97. The number of fused-ring (bicyclic) bond motifs is 3. The third-order valence-corrected chi connectivity index (χ3v) is 5.53. The Labute approximate surface area is 136 Å². The fourth-order valence-corrected chi connectivity index (χ4v) is 4.12. The van der Waals surface area contributed by atoms with Crippen LogP contribution in [0.15, 0.2) is 24.3 Å². The van der Waals surface area contributed by atoms with Gasteiger partial charge in [-0.05, 0) is 48.9 Å². The van der Waals surface area contributed by atoms with Gasteiger partial charge in [0.05, 0.1) is 5.56 Å². The van der Waals surface area contributed by atoms with Crippen LogP contribution in [0, 0.1) is 11.8 Å². The monoisotopic (exact) mass is 326 g/mol. The summed E-state index contributed by atoms with van der Waals surface area (Å²) in [5.41, 5.74) is 0.322. The number of rotatable bonds is 5. The fourth-order valence-electron chi connectivity index (χ4n) is 4.12. The van der Waals surface area contributed by atoms with Crippen molar-refractivity contribution in [3.8, 4) is 0 Å². The van der Waals surface area contributed by atoms with Gasteiger partial charge in [0, 0.05) is 25.7 Å². The quantitative estimate of drug-likeness (QED) is 0.882. The number of benzene rings is 1. The zero-order chi connectivity index (χ0) is 16.4. The zero-order valence-corrected chi connectivity index (χ0v) is 13.6. The summed E-state index contributed by atoms with van der Waals surface area (Å²) in [6.07, 6.45) is -0.393. The van der Waals surface area contributed by atoms with E-state index in [1.54, 1.807) is 12.1 Å². The number of halogens is 3. The molecule has 0 radical (unpaired) electrons. The van der Waals surface area contributed by atoms with Crippen molar-refractivity contribution in [1.29, 1.82) is 0 Å². The maximum atomic E-state index is 12.5. The van der Waals surface area contributed by atoms with E-state index in [9.17, 15) is 13.2 Å². The summed E-state index contributed by atoms with van der Waals surface area (Å²) >= 11 is 0. The number of hydrogen-bond donors (Lipinski definition) is 1. The van der Waals surface area contributed by atoms with E-state index >= 15 is 0 Å². The Morgan fingerprint density at radius 3 is 2.52 bits per heavy atom. The molecular formula is C18H25F3N2. The summed E-state index contributed by atoms with van der Waals surface area (Å²) in [7, 11) is 0. The topological polar surface area (TPSA) is 15.3 Å². The van der Waals surface area contributed by atoms with E-state index in [2.05, 4.69) is 17.1 Å². The molecule has 4 rings (SSSR count). The Bertz CT molecular complexity index is 512. The molecule has 0 aromatic heterocycles. The van der Waals surface area contributed by atoms with Crippen molar-refractivity contribution in [2.24, 2.45) is 11.8 Å². The van der Waals surface area contributed by atoms with Crippen LogP contribution in [-0.2, 0) is 12.7 Å². The molecule has 4 unspecified atom stereocenters. The van der Waals surface area contributed by atoms with E-state index in [-0.39, 0.29) is 0 Å². The minimum atomic E-state index is -4.25. The Morgan fingerprint density at radius 2 is 1.96 bits per heavy atom. The van der Waals surface area contributed by atoms with Gasteiger partial charge >= 0.3 is 6.18 Å². The first-order chi connectivity index (χ1) is 11.0. The van der Waals surface area contributed by atoms with Crippen LogP contribution in [-0.4, -0.2) is 30.6 Å². The van der Waals surface area contributed by atoms with Crippen LogP contribution in [0.25, 0.3) is 0 Å². The highest BCUT2D eigenvalue weighted by molar-refractivity contribution is 5.24. The third-order valence-electron chi connectivity index (χ3n) is 5.53. The molecule has 3 heterocycles. The van der Waals surface area contributed by atoms with E-state index in [0.29, 0.717) is 12.6 Å². The molecule has 3 aliphatic rings. The van der Waals surface area contributed by atoms with Crippen molar-refractivity contribution < 1.29 is 13.2 Å². The van der Waals surface area contributed by atoms with E-state index in [4.69, 9.17) is 0 Å². The molecule has 3 saturated heterocycles. The molecule has 5 heteroatoms. The van der Waals surface area contributed by atoms with Gasteiger partial charge in [0.1, 0.15) is 0 Å². The lowest BCUT2D eigenvalue weighted by molar-refractivity contribution is -0.137. The first kappa shape index (κ1) is 16.8. The lowest BCUT2D eigenvalue weighted by Crippen LogP contribution is -2.56. The first-order valence-corrected chi connectivity index (χ1v) is 8.58. The average Bonchev–Trinajstić information content (AvgIpc) is 2.55. The van der Waals surface area contributed by atoms with Gasteiger partial charge < -0.3 is 5.32 Å². The highest BCUT2D eigenvalue weighted by Gasteiger charge is 2.38. The summed E-state index contributed by atoms with van der Waals surface area (Å²) in [6, 6.07) is 6.04. The Hall–Kier alpha value is -1.07. The van der Waals surface area contributed by atoms with Crippen molar-refractivity contribution in [3.63, 3.8) is 0 Å². The van der Waals surface area contributed by atoms with Crippen molar-refractivity contribution in [2.45, 2.75) is 44.9 Å². The standard InChI is InChI=1S/C18H25F3N2/c1-2-14-12-23-8-7-15(14)9-17(23)11-22-10-13-3-5-16(6-4-13)18(19,20)21/h3-6,14-15,17,22H,2,7-12H2,1H3. The van der Waals surface area contributed by atoms with E-state index in [0.717, 1.165) is 36.1 Å². The van der Waals surface area contributed by atoms with Gasteiger partial charge in [0.2, 0.25) is 0 Å². The van der Waals surface area contributed by atoms with E-state index in [1.165, 1.54) is 32.4 Å². The van der Waals surface area contributed by atoms with Crippen LogP contribution in [0.3, 0.4) is 0 Å². The maximum absolute atomic E-state index is 12.5. The van der Waals surface area contributed by atoms with Gasteiger partial charge in [0.15, 0.2) is 0 Å². The number of alkyl halides is 3. The van der Waals surface area contributed by atoms with Gasteiger partial charge in [-0.1, -0.05) is 25.5 Å². The van der Waals surface area contributed by atoms with Gasteiger partial charge in [-0.2, -0.15) is 13.2 Å². The molecular weight excluding hydrogens is 301 g/mol. The predicted molar refractivity (Wildman–Crippen MR) is 85.0 cm³/mol. The molecule has 0 aliphatic carbocycles. The molecule has 23 heavy (non-hydrogen) atoms. The summed E-state index contributed by atoms with van der Waals surface area (Å²) < 4.78 is 37.6. The SMILES string of the molecule is CCC1CN2CCC1CC2CNCc1ccc(C(F)(F)F)cc1. The molecule has 2 nitrogen and oxygen atoms in total. The molecule has 0 spiro atoms. The van der Waals surface area contributed by atoms with Gasteiger partial charge in [-0.15, -0.1) is 0 Å². The molecule has 0 saturated carbocycles. The van der Waals surface area contributed by atoms with Crippen molar-refractivity contribution in [1.82, 2.24) is 10.2 Å². The molecule has 1 aromatic rings. The van der Waals surface area contributed by atoms with Crippen LogP contribution < -0.4 is 5.32 Å². The van der Waals surface area contributed by atoms with Crippen molar-refractivity contribution in [3.05, 3.63) is 35.4 Å². The summed E-state index contributed by atoms with van der Waals surface area (Å²) in [4.78, 5) is 2.59. The second kappa shape index (κ2) is 6.81. The third kappa shape index (κ3) is 3.89. The lowest BCUT2D eigenvalue weighted by Gasteiger charge is -2.50. The van der Waals surface area contributed by atoms with Crippen molar-refractivity contribution in [2.75, 3.05) is 19.6 Å². The smallest absolute Gasteiger partial charge is 0.311 e. The molecule has 2 bridgehead atoms. The minimum Gasteiger partial charge on any atom is -0.311 e. The second-order valence-corrected chi connectivity index (χ2v) is 6.93. The number of piperidine rings is 3. The van der Waals surface area contributed by atoms with E-state index < -0.39 is 11.7 Å². The first-order valence-electron chi connectivity index (χ1n) is 8.58. The fraction of sp³-hybridized carbons (Fsp3) is 0.667. The largest absolute Gasteiger partial charge is 0.416 e. The minimum absolute atomic E-state index is 0.581. The second-order valence-electron chi connectivity index (χ2n) is 6.93. The normalized spacial score (nSPS) is 30.6. The van der Waals surface area contributed by atoms with Gasteiger partial charge in [-0.3, -0.25) is 4.90 Å².